The molecule has 2 rings (SSSR count). The smallest absolute Gasteiger partial charge is 0.347 e. The zero-order valence-corrected chi connectivity index (χ0v) is 15.9. The van der Waals surface area contributed by atoms with E-state index in [1.54, 1.807) is 55.7 Å². The maximum atomic E-state index is 13.1. The number of Topliss-reactive ketones (excluding diaryl/α,β-unsaturated/α-hetero) is 1. The van der Waals surface area contributed by atoms with Crippen molar-refractivity contribution in [1.82, 2.24) is 0 Å². The summed E-state index contributed by atoms with van der Waals surface area (Å²) in [6.45, 7) is 1.81. The number of aromatic nitrogens is 1. The highest BCUT2D eigenvalue weighted by atomic mass is 16.5. The van der Waals surface area contributed by atoms with E-state index in [4.69, 9.17) is 19.6 Å². The molecular formula is C21H21N2O5+. The minimum atomic E-state index is -0.730. The van der Waals surface area contributed by atoms with E-state index in [2.05, 4.69) is 0 Å². The number of esters is 1. The molecule has 2 aromatic rings. The van der Waals surface area contributed by atoms with Crippen LogP contribution in [-0.2, 0) is 9.53 Å². The van der Waals surface area contributed by atoms with Crippen molar-refractivity contribution in [3.63, 3.8) is 0 Å². The fourth-order valence-electron chi connectivity index (χ4n) is 2.35. The quantitative estimate of drug-likeness (QED) is 0.189. The third kappa shape index (κ3) is 4.93. The highest BCUT2D eigenvalue weighted by molar-refractivity contribution is 6.23. The van der Waals surface area contributed by atoms with Crippen molar-refractivity contribution < 1.29 is 28.4 Å². The Hall–Kier alpha value is -3.70. The van der Waals surface area contributed by atoms with Gasteiger partial charge in [0.2, 0.25) is 0 Å². The van der Waals surface area contributed by atoms with E-state index < -0.39 is 5.97 Å². The molecule has 0 spiro atoms. The van der Waals surface area contributed by atoms with Crippen LogP contribution in [-0.4, -0.2) is 38.4 Å². The van der Waals surface area contributed by atoms with Gasteiger partial charge in [0.25, 0.3) is 11.5 Å². The van der Waals surface area contributed by atoms with E-state index in [9.17, 15) is 9.59 Å². The molecule has 0 aliphatic heterocycles. The van der Waals surface area contributed by atoms with E-state index in [1.807, 2.05) is 5.87 Å². The number of ether oxygens (including phenoxy) is 3. The number of ketones is 1. The second-order valence-electron chi connectivity index (χ2n) is 5.49. The van der Waals surface area contributed by atoms with Crippen LogP contribution in [0, 0.1) is 5.41 Å². The first-order chi connectivity index (χ1) is 13.5. The van der Waals surface area contributed by atoms with E-state index in [-0.39, 0.29) is 23.7 Å². The van der Waals surface area contributed by atoms with Gasteiger partial charge in [-0.15, -0.1) is 0 Å². The summed E-state index contributed by atoms with van der Waals surface area (Å²) >= 11 is 0. The van der Waals surface area contributed by atoms with E-state index in [1.165, 1.54) is 24.9 Å². The summed E-state index contributed by atoms with van der Waals surface area (Å²) in [6, 6.07) is 9.93. The molecule has 0 saturated heterocycles. The molecule has 0 saturated carbocycles. The topological polar surface area (TPSA) is 89.6 Å². The Morgan fingerprint density at radius 3 is 2.11 bits per heavy atom. The number of carbonyl (C=O) groups excluding carboxylic acids is 2. The SMILES string of the molecule is CCOC(=O)C(=C=N)C=C(C(=O)c1ccc(OC)cc1)[n+]1ccc(OC)cc1. The van der Waals surface area contributed by atoms with Gasteiger partial charge in [0.15, 0.2) is 12.4 Å². The van der Waals surface area contributed by atoms with Crippen LogP contribution in [0.2, 0.25) is 0 Å². The molecular weight excluding hydrogens is 360 g/mol. The lowest BCUT2D eigenvalue weighted by atomic mass is 10.1. The third-order valence-corrected chi connectivity index (χ3v) is 3.81. The van der Waals surface area contributed by atoms with Crippen molar-refractivity contribution >= 4 is 23.3 Å². The molecule has 7 heteroatoms. The second-order valence-corrected chi connectivity index (χ2v) is 5.49. The first-order valence-electron chi connectivity index (χ1n) is 8.47. The number of hydrogen-bond acceptors (Lipinski definition) is 6. The Balaban J connectivity index is 2.53. The summed E-state index contributed by atoms with van der Waals surface area (Å²) < 4.78 is 16.7. The summed E-state index contributed by atoms with van der Waals surface area (Å²) in [7, 11) is 3.07. The van der Waals surface area contributed by atoms with Gasteiger partial charge in [0, 0.05) is 23.8 Å². The largest absolute Gasteiger partial charge is 0.497 e. The molecule has 0 amide bonds. The van der Waals surface area contributed by atoms with Crippen molar-refractivity contribution in [1.29, 1.82) is 5.41 Å². The summed E-state index contributed by atoms with van der Waals surface area (Å²) in [5.41, 5.74) is 0.376. The summed E-state index contributed by atoms with van der Waals surface area (Å²) in [4.78, 5) is 25.2. The number of rotatable bonds is 8. The van der Waals surface area contributed by atoms with Gasteiger partial charge in [-0.2, -0.15) is 4.57 Å². The Morgan fingerprint density at radius 2 is 1.61 bits per heavy atom. The number of benzene rings is 1. The summed E-state index contributed by atoms with van der Waals surface area (Å²) in [5, 5.41) is 7.40. The molecule has 7 nitrogen and oxygen atoms in total. The van der Waals surface area contributed by atoms with Crippen molar-refractivity contribution in [2.45, 2.75) is 6.92 Å². The molecule has 0 aliphatic carbocycles. The minimum Gasteiger partial charge on any atom is -0.497 e. The Labute approximate surface area is 163 Å². The van der Waals surface area contributed by atoms with Gasteiger partial charge in [-0.25, -0.2) is 4.79 Å². The van der Waals surface area contributed by atoms with Crippen molar-refractivity contribution in [3.05, 3.63) is 66.0 Å². The van der Waals surface area contributed by atoms with Crippen molar-refractivity contribution in [2.75, 3.05) is 20.8 Å². The number of pyridine rings is 1. The summed E-state index contributed by atoms with van der Waals surface area (Å²) in [5.74, 6) is 2.19. The lowest BCUT2D eigenvalue weighted by Gasteiger charge is -2.05. The number of carbonyl (C=O) groups is 2. The van der Waals surface area contributed by atoms with Crippen LogP contribution < -0.4 is 14.0 Å². The first kappa shape index (κ1) is 20.6. The molecule has 0 fully saturated rings. The molecule has 0 aliphatic rings. The second kappa shape index (κ2) is 9.85. The third-order valence-electron chi connectivity index (χ3n) is 3.81. The minimum absolute atomic E-state index is 0.148. The number of allylic oxidation sites excluding steroid dienone is 1. The van der Waals surface area contributed by atoms with E-state index >= 15 is 0 Å². The summed E-state index contributed by atoms with van der Waals surface area (Å²) in [6.07, 6.45) is 4.53. The Kier molecular flexibility index (Phi) is 7.25. The average Bonchev–Trinajstić information content (AvgIpc) is 2.74. The molecule has 1 aromatic heterocycles. The van der Waals surface area contributed by atoms with Gasteiger partial charge in [-0.05, 0) is 37.1 Å². The normalized spacial score (nSPS) is 10.6. The van der Waals surface area contributed by atoms with Gasteiger partial charge < -0.3 is 14.2 Å². The van der Waals surface area contributed by atoms with Crippen molar-refractivity contribution in [3.8, 4) is 11.5 Å². The molecule has 1 N–H and O–H groups in total. The van der Waals surface area contributed by atoms with Crippen LogP contribution in [0.15, 0.2) is 60.4 Å². The van der Waals surface area contributed by atoms with Crippen LogP contribution >= 0.6 is 0 Å². The maximum Gasteiger partial charge on any atom is 0.347 e. The van der Waals surface area contributed by atoms with Gasteiger partial charge in [0.1, 0.15) is 17.1 Å². The number of nitrogens with one attached hydrogen (secondary N) is 1. The molecule has 0 unspecified atom stereocenters. The average molecular weight is 381 g/mol. The zero-order valence-electron chi connectivity index (χ0n) is 15.9. The fraction of sp³-hybridized carbons (Fsp3) is 0.190. The number of methoxy groups -OCH3 is 2. The van der Waals surface area contributed by atoms with Crippen LogP contribution in [0.25, 0.3) is 5.70 Å². The maximum absolute atomic E-state index is 13.1. The highest BCUT2D eigenvalue weighted by Gasteiger charge is 2.24. The molecule has 0 bridgehead atoms. The van der Waals surface area contributed by atoms with E-state index in [0.717, 1.165) is 0 Å². The molecule has 28 heavy (non-hydrogen) atoms. The Morgan fingerprint density at radius 1 is 1.04 bits per heavy atom. The standard InChI is InChI=1S/C21H21N2O5/c1-4-28-21(25)16(14-22)13-19(23-11-9-18(27-3)10-12-23)20(24)15-5-7-17(26-2)8-6-15/h5-13,22H,4H2,1-3H3/q+1. The molecule has 1 heterocycles. The molecule has 0 atom stereocenters. The fourth-order valence-corrected chi connectivity index (χ4v) is 2.35. The van der Waals surface area contributed by atoms with Crippen LogP contribution in [0.1, 0.15) is 17.3 Å². The van der Waals surface area contributed by atoms with Crippen LogP contribution in [0.5, 0.6) is 11.5 Å². The van der Waals surface area contributed by atoms with Crippen LogP contribution in [0.3, 0.4) is 0 Å². The zero-order chi connectivity index (χ0) is 20.5. The van der Waals surface area contributed by atoms with E-state index in [0.29, 0.717) is 17.1 Å². The first-order valence-corrected chi connectivity index (χ1v) is 8.47. The van der Waals surface area contributed by atoms with Gasteiger partial charge >= 0.3 is 5.97 Å². The lowest BCUT2D eigenvalue weighted by Crippen LogP contribution is -2.36. The van der Waals surface area contributed by atoms with Crippen molar-refractivity contribution in [2.24, 2.45) is 0 Å². The Bertz CT molecular complexity index is 924. The predicted octanol–water partition coefficient (Wildman–Crippen LogP) is 2.45. The molecule has 144 valence electrons. The molecule has 0 radical (unpaired) electrons. The number of hydrogen-bond donors (Lipinski definition) is 1. The molecule has 1 aromatic carbocycles. The number of nitrogens with zero attached hydrogens (tertiary/aromatic N) is 1. The highest BCUT2D eigenvalue weighted by Crippen LogP contribution is 2.16. The van der Waals surface area contributed by atoms with Gasteiger partial charge in [-0.3, -0.25) is 10.2 Å². The van der Waals surface area contributed by atoms with Gasteiger partial charge in [-0.1, -0.05) is 0 Å². The van der Waals surface area contributed by atoms with Crippen LogP contribution in [0.4, 0.5) is 0 Å². The van der Waals surface area contributed by atoms with Gasteiger partial charge in [0.05, 0.1) is 20.8 Å². The predicted molar refractivity (Wildman–Crippen MR) is 103 cm³/mol. The lowest BCUT2D eigenvalue weighted by molar-refractivity contribution is -0.576. The monoisotopic (exact) mass is 381 g/mol.